The van der Waals surface area contributed by atoms with Gasteiger partial charge in [-0.1, -0.05) is 0 Å². The Kier molecular flexibility index (Phi) is 5.88. The summed E-state index contributed by atoms with van der Waals surface area (Å²) in [7, 11) is 0. The van der Waals surface area contributed by atoms with Gasteiger partial charge in [0, 0.05) is 26.1 Å². The van der Waals surface area contributed by atoms with Gasteiger partial charge in [0.2, 0.25) is 11.8 Å². The summed E-state index contributed by atoms with van der Waals surface area (Å²) in [6.07, 6.45) is 4.84. The van der Waals surface area contributed by atoms with Crippen molar-refractivity contribution in [2.75, 3.05) is 39.3 Å². The number of amides is 2. The normalized spacial score (nSPS) is 29.6. The maximum Gasteiger partial charge on any atom is 0.242 e. The first kappa shape index (κ1) is 16.6. The quantitative estimate of drug-likeness (QED) is 0.823. The van der Waals surface area contributed by atoms with Crippen molar-refractivity contribution < 1.29 is 9.59 Å². The Bertz CT molecular complexity index is 377. The zero-order valence-electron chi connectivity index (χ0n) is 12.6. The van der Waals surface area contributed by atoms with Crippen LogP contribution in [0.25, 0.3) is 0 Å². The van der Waals surface area contributed by atoms with Gasteiger partial charge in [0.25, 0.3) is 0 Å². The third kappa shape index (κ3) is 3.89. The molecule has 6 heteroatoms. The second kappa shape index (κ2) is 7.45. The number of rotatable bonds is 2. The third-order valence-corrected chi connectivity index (χ3v) is 5.12. The summed E-state index contributed by atoms with van der Waals surface area (Å²) >= 11 is 0. The highest BCUT2D eigenvalue weighted by molar-refractivity contribution is 5.85. The summed E-state index contributed by atoms with van der Waals surface area (Å²) in [5.74, 6) is 1.78. The highest BCUT2D eigenvalue weighted by Crippen LogP contribution is 2.27. The zero-order valence-corrected chi connectivity index (χ0v) is 13.4. The molecule has 2 atom stereocenters. The zero-order chi connectivity index (χ0) is 13.9. The van der Waals surface area contributed by atoms with E-state index in [1.165, 1.54) is 0 Å². The van der Waals surface area contributed by atoms with Crippen LogP contribution in [-0.2, 0) is 9.59 Å². The van der Waals surface area contributed by atoms with Crippen LogP contribution in [0.4, 0.5) is 0 Å². The Labute approximate surface area is 132 Å². The third-order valence-electron chi connectivity index (χ3n) is 5.12. The number of likely N-dealkylation sites (tertiary alicyclic amines) is 2. The summed E-state index contributed by atoms with van der Waals surface area (Å²) in [5, 5.41) is 3.45. The van der Waals surface area contributed by atoms with E-state index in [0.717, 1.165) is 70.2 Å². The molecule has 21 heavy (non-hydrogen) atoms. The van der Waals surface area contributed by atoms with E-state index in [2.05, 4.69) is 5.32 Å². The lowest BCUT2D eigenvalue weighted by Crippen LogP contribution is -2.45. The van der Waals surface area contributed by atoms with Crippen LogP contribution >= 0.6 is 12.4 Å². The molecule has 0 spiro atoms. The van der Waals surface area contributed by atoms with Gasteiger partial charge < -0.3 is 15.1 Å². The minimum Gasteiger partial charge on any atom is -0.341 e. The van der Waals surface area contributed by atoms with Crippen molar-refractivity contribution >= 4 is 24.2 Å². The van der Waals surface area contributed by atoms with Crippen LogP contribution in [-0.4, -0.2) is 60.9 Å². The summed E-state index contributed by atoms with van der Waals surface area (Å²) in [6, 6.07) is 0. The summed E-state index contributed by atoms with van der Waals surface area (Å²) in [4.78, 5) is 27.9. The fourth-order valence-corrected chi connectivity index (χ4v) is 3.76. The van der Waals surface area contributed by atoms with E-state index in [4.69, 9.17) is 0 Å². The summed E-state index contributed by atoms with van der Waals surface area (Å²) in [5.41, 5.74) is 0. The van der Waals surface area contributed by atoms with E-state index >= 15 is 0 Å². The molecular weight excluding hydrogens is 290 g/mol. The van der Waals surface area contributed by atoms with Crippen LogP contribution in [0, 0.1) is 11.8 Å². The SMILES string of the molecule is Cl.O=C(CN1CCCCC1=O)N1CC[C@@H]2CNC[C@@H]2CC1. The number of halogens is 1. The average Bonchev–Trinajstić information content (AvgIpc) is 2.80. The van der Waals surface area contributed by atoms with Crippen LogP contribution in [0.5, 0.6) is 0 Å². The van der Waals surface area contributed by atoms with E-state index in [1.54, 1.807) is 4.90 Å². The average molecular weight is 316 g/mol. The molecule has 5 nitrogen and oxygen atoms in total. The van der Waals surface area contributed by atoms with Gasteiger partial charge in [0.1, 0.15) is 0 Å². The molecule has 3 fully saturated rings. The van der Waals surface area contributed by atoms with Gasteiger partial charge in [-0.25, -0.2) is 0 Å². The number of hydrogen-bond acceptors (Lipinski definition) is 3. The molecule has 0 saturated carbocycles. The smallest absolute Gasteiger partial charge is 0.242 e. The maximum absolute atomic E-state index is 12.4. The van der Waals surface area contributed by atoms with Gasteiger partial charge in [-0.3, -0.25) is 9.59 Å². The molecule has 3 aliphatic heterocycles. The molecule has 0 aromatic carbocycles. The van der Waals surface area contributed by atoms with Gasteiger partial charge in [-0.05, 0) is 50.6 Å². The molecule has 0 bridgehead atoms. The highest BCUT2D eigenvalue weighted by atomic mass is 35.5. The Morgan fingerprint density at radius 3 is 2.38 bits per heavy atom. The maximum atomic E-state index is 12.4. The topological polar surface area (TPSA) is 52.7 Å². The van der Waals surface area contributed by atoms with Crippen molar-refractivity contribution in [1.29, 1.82) is 0 Å². The lowest BCUT2D eigenvalue weighted by atomic mass is 9.92. The molecule has 3 heterocycles. The Balaban J connectivity index is 0.00000161. The van der Waals surface area contributed by atoms with E-state index in [1.807, 2.05) is 4.90 Å². The van der Waals surface area contributed by atoms with Gasteiger partial charge in [0.15, 0.2) is 0 Å². The number of nitrogens with zero attached hydrogens (tertiary/aromatic N) is 2. The molecule has 3 aliphatic rings. The highest BCUT2D eigenvalue weighted by Gasteiger charge is 2.32. The number of fused-ring (bicyclic) bond motifs is 1. The first-order chi connectivity index (χ1) is 9.74. The minimum atomic E-state index is 0. The van der Waals surface area contributed by atoms with E-state index < -0.39 is 0 Å². The van der Waals surface area contributed by atoms with E-state index in [0.29, 0.717) is 13.0 Å². The van der Waals surface area contributed by atoms with E-state index in [-0.39, 0.29) is 24.2 Å². The summed E-state index contributed by atoms with van der Waals surface area (Å²) in [6.45, 7) is 5.00. The first-order valence-corrected chi connectivity index (χ1v) is 8.00. The van der Waals surface area contributed by atoms with Crippen molar-refractivity contribution in [2.24, 2.45) is 11.8 Å². The van der Waals surface area contributed by atoms with Crippen molar-refractivity contribution in [1.82, 2.24) is 15.1 Å². The van der Waals surface area contributed by atoms with Crippen LogP contribution in [0.1, 0.15) is 32.1 Å². The number of nitrogens with one attached hydrogen (secondary N) is 1. The first-order valence-electron chi connectivity index (χ1n) is 8.00. The summed E-state index contributed by atoms with van der Waals surface area (Å²) < 4.78 is 0. The van der Waals surface area contributed by atoms with Crippen molar-refractivity contribution in [3.8, 4) is 0 Å². The predicted octanol–water partition coefficient (Wildman–Crippen LogP) is 0.879. The van der Waals surface area contributed by atoms with Crippen LogP contribution in [0.2, 0.25) is 0 Å². The monoisotopic (exact) mass is 315 g/mol. The van der Waals surface area contributed by atoms with Crippen molar-refractivity contribution in [3.05, 3.63) is 0 Å². The molecule has 0 radical (unpaired) electrons. The van der Waals surface area contributed by atoms with Crippen molar-refractivity contribution in [3.63, 3.8) is 0 Å². The Morgan fingerprint density at radius 2 is 1.76 bits per heavy atom. The number of hydrogen-bond donors (Lipinski definition) is 1. The van der Waals surface area contributed by atoms with Gasteiger partial charge >= 0.3 is 0 Å². The number of carbonyl (C=O) groups excluding carboxylic acids is 2. The lowest BCUT2D eigenvalue weighted by Gasteiger charge is -2.29. The number of carbonyl (C=O) groups is 2. The lowest BCUT2D eigenvalue weighted by molar-refractivity contribution is -0.141. The second-order valence-corrected chi connectivity index (χ2v) is 6.41. The fraction of sp³-hybridized carbons (Fsp3) is 0.867. The molecule has 0 aromatic heterocycles. The minimum absolute atomic E-state index is 0. The van der Waals surface area contributed by atoms with Gasteiger partial charge in [-0.15, -0.1) is 12.4 Å². The van der Waals surface area contributed by atoms with E-state index in [9.17, 15) is 9.59 Å². The molecular formula is C15H26ClN3O2. The van der Waals surface area contributed by atoms with Crippen LogP contribution < -0.4 is 5.32 Å². The second-order valence-electron chi connectivity index (χ2n) is 6.41. The standard InChI is InChI=1S/C15H25N3O2.ClH/c19-14-3-1-2-6-18(14)11-15(20)17-7-4-12-9-16-10-13(12)5-8-17;/h12-13,16H,1-11H2;1H/t12-,13+;. The molecule has 1 N–H and O–H groups in total. The number of piperidine rings is 1. The molecule has 3 rings (SSSR count). The molecule has 0 aromatic rings. The predicted molar refractivity (Wildman–Crippen MR) is 83.3 cm³/mol. The van der Waals surface area contributed by atoms with Gasteiger partial charge in [-0.2, -0.15) is 0 Å². The van der Waals surface area contributed by atoms with Gasteiger partial charge in [0.05, 0.1) is 6.54 Å². The van der Waals surface area contributed by atoms with Crippen LogP contribution in [0.3, 0.4) is 0 Å². The molecule has 3 saturated heterocycles. The molecule has 2 amide bonds. The fourth-order valence-electron chi connectivity index (χ4n) is 3.76. The molecule has 0 unspecified atom stereocenters. The molecule has 120 valence electrons. The van der Waals surface area contributed by atoms with Crippen molar-refractivity contribution in [2.45, 2.75) is 32.1 Å². The molecule has 0 aliphatic carbocycles. The largest absolute Gasteiger partial charge is 0.341 e. The Morgan fingerprint density at radius 1 is 1.10 bits per heavy atom. The Hall–Kier alpha value is -0.810. The van der Waals surface area contributed by atoms with Crippen LogP contribution in [0.15, 0.2) is 0 Å².